The number of hydrogen-bond donors (Lipinski definition) is 2. The number of ether oxygens (including phenoxy) is 2. The number of aliphatic hydroxyl groups is 1. The molecule has 3 aromatic carbocycles. The van der Waals surface area contributed by atoms with E-state index in [1.54, 1.807) is 70.1 Å². The van der Waals surface area contributed by atoms with Crippen LogP contribution >= 0.6 is 36.2 Å². The summed E-state index contributed by atoms with van der Waals surface area (Å²) in [4.78, 5) is 58.0. The Morgan fingerprint density at radius 3 is 2.43 bits per heavy atom. The SMILES string of the molecule is CCc1c2c(nc3ccc(OC(=O)N4CCC(N5CCCCC5)CC4)cc13)-c1cc3c(c(=O)n1C2)COC(=O)[C@]3(O)CC.Cl.Cl.N#Cc1ccc2c(c1)CN(S(=O)(=O)c1cccs1)[C@H](Cc1ccccc1)CN2Cc1cnc[nH]1. The van der Waals surface area contributed by atoms with Gasteiger partial charge in [-0.3, -0.25) is 4.79 Å². The molecule has 5 aliphatic rings. The van der Waals surface area contributed by atoms with E-state index >= 15 is 0 Å². The number of nitriles is 1. The van der Waals surface area contributed by atoms with E-state index in [1.165, 1.54) is 43.7 Å². The van der Waals surface area contributed by atoms with Crippen molar-refractivity contribution in [3.63, 3.8) is 0 Å². The summed E-state index contributed by atoms with van der Waals surface area (Å²) in [6, 6.07) is 28.5. The average Bonchev–Trinajstić information content (AvgIpc) is 4.02. The standard InChI is InChI=1S/C33H38N4O6.C25H23N5O2S2.2ClH/c1-3-22-23-16-21(43-32(40)36-14-10-20(11-15-36)35-12-6-5-7-13-35)8-9-27(23)34-29-24(22)18-37-28(29)17-26-25(30(37)38)19-42-31(39)33(26,41)4-2;26-13-20-8-9-24-21(11-20)15-30(34(31,32)25-7-4-10-33-25)23(12-19-5-2-1-3-6-19)17-29(24)16-22-14-27-18-28-22;;/h8-9,16-17,20,41H,3-7,10-15,18-19H2,1-2H3;1-11,14,18,23H,12,15-17H2,(H,27,28);2*1H/t33-;23-;;/m01../s1. The number of halogens is 2. The number of carbonyl (C=O) groups is 2. The van der Waals surface area contributed by atoms with Gasteiger partial charge < -0.3 is 38.8 Å². The van der Waals surface area contributed by atoms with Crippen molar-refractivity contribution in [1.82, 2.24) is 33.6 Å². The minimum atomic E-state index is -3.74. The Morgan fingerprint density at radius 2 is 1.73 bits per heavy atom. The third-order valence-corrected chi connectivity index (χ3v) is 19.2. The molecule has 2 atom stereocenters. The van der Waals surface area contributed by atoms with Gasteiger partial charge in [0.05, 0.1) is 59.2 Å². The van der Waals surface area contributed by atoms with Crippen molar-refractivity contribution in [3.8, 4) is 23.2 Å². The van der Waals surface area contributed by atoms with Crippen molar-refractivity contribution in [1.29, 1.82) is 5.26 Å². The van der Waals surface area contributed by atoms with Gasteiger partial charge in [0.25, 0.3) is 15.6 Å². The van der Waals surface area contributed by atoms with Crippen LogP contribution in [0.2, 0.25) is 0 Å². The number of amides is 1. The van der Waals surface area contributed by atoms with Gasteiger partial charge >= 0.3 is 12.1 Å². The average molecular weight is 1150 g/mol. The number of hydrogen-bond acceptors (Lipinski definition) is 14. The molecule has 414 valence electrons. The number of cyclic esters (lactones) is 1. The number of carbonyl (C=O) groups excluding carboxylic acids is 2. The first kappa shape index (κ1) is 57.1. The first-order chi connectivity index (χ1) is 37.4. The van der Waals surface area contributed by atoms with Gasteiger partial charge in [0.2, 0.25) is 0 Å². The molecule has 0 bridgehead atoms. The van der Waals surface area contributed by atoms with Crippen LogP contribution in [-0.2, 0) is 64.2 Å². The molecule has 4 aromatic heterocycles. The van der Waals surface area contributed by atoms with Crippen LogP contribution in [0.5, 0.6) is 5.75 Å². The maximum absolute atomic E-state index is 13.8. The Kier molecular flexibility index (Phi) is 17.3. The molecular formula is C58H63Cl2N9O8S2. The highest BCUT2D eigenvalue weighted by Gasteiger charge is 2.46. The van der Waals surface area contributed by atoms with Crippen molar-refractivity contribution in [3.05, 3.63) is 158 Å². The third-order valence-electron chi connectivity index (χ3n) is 16.0. The molecule has 2 N–H and O–H groups in total. The predicted molar refractivity (Wildman–Crippen MR) is 306 cm³/mol. The molecule has 5 aliphatic heterocycles. The molecule has 79 heavy (non-hydrogen) atoms. The first-order valence-electron chi connectivity index (χ1n) is 26.5. The fourth-order valence-electron chi connectivity index (χ4n) is 11.9. The summed E-state index contributed by atoms with van der Waals surface area (Å²) in [6.45, 7) is 8.90. The Labute approximate surface area is 475 Å². The predicted octanol–water partition coefficient (Wildman–Crippen LogP) is 9.10. The number of rotatable bonds is 10. The molecule has 0 aliphatic carbocycles. The van der Waals surface area contributed by atoms with E-state index in [-0.39, 0.29) is 62.1 Å². The van der Waals surface area contributed by atoms with Gasteiger partial charge in [-0.05, 0) is 129 Å². The number of imidazole rings is 1. The second-order valence-corrected chi connectivity index (χ2v) is 23.5. The maximum Gasteiger partial charge on any atom is 0.415 e. The van der Waals surface area contributed by atoms with Gasteiger partial charge in [-0.15, -0.1) is 36.2 Å². The summed E-state index contributed by atoms with van der Waals surface area (Å²) in [7, 11) is -3.74. The van der Waals surface area contributed by atoms with Crippen LogP contribution in [0, 0.1) is 11.3 Å². The van der Waals surface area contributed by atoms with Crippen molar-refractivity contribution < 1.29 is 32.6 Å². The molecule has 2 fully saturated rings. The van der Waals surface area contributed by atoms with Crippen molar-refractivity contribution in [2.75, 3.05) is 37.6 Å². The summed E-state index contributed by atoms with van der Waals surface area (Å²) in [5.74, 6) is -0.266. The van der Waals surface area contributed by atoms with Gasteiger partial charge in [-0.25, -0.2) is 28.0 Å². The van der Waals surface area contributed by atoms with Crippen LogP contribution in [0.1, 0.15) is 97.0 Å². The third kappa shape index (κ3) is 11.2. The van der Waals surface area contributed by atoms with E-state index in [1.807, 2.05) is 53.4 Å². The highest BCUT2D eigenvalue weighted by molar-refractivity contribution is 7.91. The minimum absolute atomic E-state index is 0. The topological polar surface area (TPSA) is 207 Å². The van der Waals surface area contributed by atoms with E-state index in [0.717, 1.165) is 57.4 Å². The summed E-state index contributed by atoms with van der Waals surface area (Å²) < 4.78 is 42.3. The number of nitrogens with zero attached hydrogens (tertiary/aromatic N) is 8. The number of esters is 1. The summed E-state index contributed by atoms with van der Waals surface area (Å²) in [5, 5.41) is 23.3. The van der Waals surface area contributed by atoms with E-state index in [9.17, 15) is 33.2 Å². The number of sulfonamides is 1. The quantitative estimate of drug-likeness (QED) is 0.123. The van der Waals surface area contributed by atoms with E-state index in [2.05, 4.69) is 32.8 Å². The fourth-order valence-corrected chi connectivity index (χ4v) is 14.6. The van der Waals surface area contributed by atoms with E-state index < -0.39 is 21.6 Å². The lowest BCUT2D eigenvalue weighted by Crippen LogP contribution is -2.48. The van der Waals surface area contributed by atoms with Crippen LogP contribution in [0.3, 0.4) is 0 Å². The molecule has 0 saturated carbocycles. The lowest BCUT2D eigenvalue weighted by molar-refractivity contribution is -0.172. The van der Waals surface area contributed by atoms with E-state index in [4.69, 9.17) is 14.5 Å². The molecule has 21 heteroatoms. The van der Waals surface area contributed by atoms with Crippen molar-refractivity contribution >= 4 is 74.8 Å². The largest absolute Gasteiger partial charge is 0.458 e. The monoisotopic (exact) mass is 1150 g/mol. The molecule has 1 amide bonds. The number of piperidine rings is 2. The van der Waals surface area contributed by atoms with Gasteiger partial charge in [-0.2, -0.15) is 9.57 Å². The Hall–Kier alpha value is -6.63. The summed E-state index contributed by atoms with van der Waals surface area (Å²) >= 11 is 1.22. The number of nitrogens with one attached hydrogen (secondary N) is 1. The first-order valence-corrected chi connectivity index (χ1v) is 28.9. The second kappa shape index (κ2) is 24.0. The Balaban J connectivity index is 0.000000192. The normalized spacial score (nSPS) is 19.2. The molecule has 7 aromatic rings. The molecule has 0 unspecified atom stereocenters. The molecule has 0 spiro atoms. The number of likely N-dealkylation sites (tertiary alicyclic amines) is 2. The van der Waals surface area contributed by atoms with Crippen LogP contribution < -0.4 is 15.2 Å². The molecule has 0 radical (unpaired) electrons. The van der Waals surface area contributed by atoms with Gasteiger partial charge in [0.1, 0.15) is 16.6 Å². The van der Waals surface area contributed by atoms with Crippen LogP contribution in [0.15, 0.2) is 112 Å². The zero-order valence-electron chi connectivity index (χ0n) is 44.0. The van der Waals surface area contributed by atoms with Gasteiger partial charge in [0.15, 0.2) is 5.60 Å². The van der Waals surface area contributed by atoms with Crippen molar-refractivity contribution in [2.24, 2.45) is 0 Å². The molecular weight excluding hydrogens is 1090 g/mol. The Morgan fingerprint density at radius 1 is 0.949 bits per heavy atom. The van der Waals surface area contributed by atoms with E-state index in [0.29, 0.717) is 89.6 Å². The summed E-state index contributed by atoms with van der Waals surface area (Å²) in [6.07, 6.45) is 10.3. The zero-order valence-corrected chi connectivity index (χ0v) is 47.3. The number of thiophene rings is 1. The number of pyridine rings is 2. The number of aromatic nitrogens is 4. The summed E-state index contributed by atoms with van der Waals surface area (Å²) in [5.41, 5.74) is 6.64. The zero-order chi connectivity index (χ0) is 53.4. The van der Waals surface area contributed by atoms with Crippen LogP contribution in [0.4, 0.5) is 10.5 Å². The Bertz CT molecular complexity index is 3560. The molecule has 17 nitrogen and oxygen atoms in total. The highest BCUT2D eigenvalue weighted by atomic mass is 35.5. The van der Waals surface area contributed by atoms with Crippen LogP contribution in [0.25, 0.3) is 22.3 Å². The molecule has 9 heterocycles. The van der Waals surface area contributed by atoms with Gasteiger partial charge in [-0.1, -0.05) is 56.7 Å². The van der Waals surface area contributed by atoms with Crippen LogP contribution in [-0.4, -0.2) is 104 Å². The number of H-pyrrole nitrogens is 1. The number of aromatic amines is 1. The molecule has 12 rings (SSSR count). The minimum Gasteiger partial charge on any atom is -0.458 e. The fraction of sp³-hybridized carbons (Fsp3) is 0.379. The number of anilines is 1. The second-order valence-electron chi connectivity index (χ2n) is 20.5. The lowest BCUT2D eigenvalue weighted by Gasteiger charge is -2.39. The number of aryl methyl sites for hydroxylation is 1. The number of benzene rings is 3. The maximum atomic E-state index is 13.8. The van der Waals surface area contributed by atoms with Crippen molar-refractivity contribution in [2.45, 2.75) is 113 Å². The highest BCUT2D eigenvalue weighted by Crippen LogP contribution is 2.41. The lowest BCUT2D eigenvalue weighted by atomic mass is 9.86. The van der Waals surface area contributed by atoms with Gasteiger partial charge in [0, 0.05) is 66.7 Å². The molecule has 2 saturated heterocycles. The number of fused-ring (bicyclic) bond motifs is 6. The smallest absolute Gasteiger partial charge is 0.415 e.